The molecule has 0 spiro atoms. The lowest BCUT2D eigenvalue weighted by Crippen LogP contribution is -2.55. The second-order valence-electron chi connectivity index (χ2n) is 4.95. The van der Waals surface area contributed by atoms with Crippen molar-refractivity contribution in [2.24, 2.45) is 5.41 Å². The van der Waals surface area contributed by atoms with Crippen LogP contribution in [0.3, 0.4) is 0 Å². The molecule has 92 valence electrons. The molecular weight excluding hydrogens is 204 g/mol. The van der Waals surface area contributed by atoms with Crippen molar-refractivity contribution >= 4 is 5.78 Å². The maximum atomic E-state index is 11.7. The number of ketones is 1. The summed E-state index contributed by atoms with van der Waals surface area (Å²) >= 11 is 0. The van der Waals surface area contributed by atoms with E-state index >= 15 is 0 Å². The maximum absolute atomic E-state index is 11.7. The first-order chi connectivity index (χ1) is 7.73. The Bertz CT molecular complexity index is 252. The standard InChI is InChI=1S/C13H22O3/c1-3-13(4-2)11(14)8-12(13)16-9-10-6-5-7-15-10/h10,12H,3-9H2,1-2H3. The average Bonchev–Trinajstić information content (AvgIpc) is 2.78. The number of Topliss-reactive ketones (excluding diaryl/α,β-unsaturated/α-hetero) is 1. The topological polar surface area (TPSA) is 35.5 Å². The zero-order chi connectivity index (χ0) is 11.6. The largest absolute Gasteiger partial charge is 0.376 e. The first-order valence-corrected chi connectivity index (χ1v) is 6.49. The van der Waals surface area contributed by atoms with Gasteiger partial charge < -0.3 is 9.47 Å². The van der Waals surface area contributed by atoms with Crippen LogP contribution in [0, 0.1) is 5.41 Å². The van der Waals surface area contributed by atoms with Crippen LogP contribution in [0.4, 0.5) is 0 Å². The summed E-state index contributed by atoms with van der Waals surface area (Å²) < 4.78 is 11.4. The van der Waals surface area contributed by atoms with Crippen molar-refractivity contribution in [3.63, 3.8) is 0 Å². The van der Waals surface area contributed by atoms with Gasteiger partial charge in [-0.15, -0.1) is 0 Å². The molecule has 2 unspecified atom stereocenters. The van der Waals surface area contributed by atoms with Crippen LogP contribution >= 0.6 is 0 Å². The highest BCUT2D eigenvalue weighted by atomic mass is 16.5. The van der Waals surface area contributed by atoms with Crippen LogP contribution in [0.25, 0.3) is 0 Å². The summed E-state index contributed by atoms with van der Waals surface area (Å²) in [4.78, 5) is 11.7. The van der Waals surface area contributed by atoms with Gasteiger partial charge in [-0.3, -0.25) is 4.79 Å². The summed E-state index contributed by atoms with van der Waals surface area (Å²) in [5, 5.41) is 0. The number of hydrogen-bond acceptors (Lipinski definition) is 3. The predicted molar refractivity (Wildman–Crippen MR) is 61.4 cm³/mol. The van der Waals surface area contributed by atoms with Gasteiger partial charge in [0.25, 0.3) is 0 Å². The molecule has 1 aliphatic carbocycles. The molecule has 1 heterocycles. The van der Waals surface area contributed by atoms with Crippen molar-refractivity contribution in [3.8, 4) is 0 Å². The second-order valence-corrected chi connectivity index (χ2v) is 4.95. The van der Waals surface area contributed by atoms with Crippen LogP contribution in [0.2, 0.25) is 0 Å². The number of carbonyl (C=O) groups is 1. The molecule has 0 radical (unpaired) electrons. The fourth-order valence-corrected chi connectivity index (χ4v) is 2.93. The van der Waals surface area contributed by atoms with Crippen molar-refractivity contribution in [3.05, 3.63) is 0 Å². The summed E-state index contributed by atoms with van der Waals surface area (Å²) in [6, 6.07) is 0. The van der Waals surface area contributed by atoms with E-state index in [1.54, 1.807) is 0 Å². The molecule has 0 amide bonds. The zero-order valence-electron chi connectivity index (χ0n) is 10.3. The molecule has 0 aromatic rings. The third-order valence-electron chi connectivity index (χ3n) is 4.31. The third-order valence-corrected chi connectivity index (χ3v) is 4.31. The number of ether oxygens (including phenoxy) is 2. The normalized spacial score (nSPS) is 32.8. The van der Waals surface area contributed by atoms with Gasteiger partial charge in [0.15, 0.2) is 0 Å². The minimum absolute atomic E-state index is 0.138. The Morgan fingerprint density at radius 2 is 2.19 bits per heavy atom. The highest BCUT2D eigenvalue weighted by molar-refractivity contribution is 5.92. The van der Waals surface area contributed by atoms with E-state index in [1.807, 2.05) is 0 Å². The van der Waals surface area contributed by atoms with Gasteiger partial charge in [0.05, 0.1) is 24.2 Å². The molecule has 1 saturated heterocycles. The second kappa shape index (κ2) is 4.84. The van der Waals surface area contributed by atoms with Crippen LogP contribution in [0.1, 0.15) is 46.0 Å². The Hall–Kier alpha value is -0.410. The third kappa shape index (κ3) is 1.91. The van der Waals surface area contributed by atoms with Crippen LogP contribution in [0.5, 0.6) is 0 Å². The first-order valence-electron chi connectivity index (χ1n) is 6.49. The summed E-state index contributed by atoms with van der Waals surface area (Å²) in [6.07, 6.45) is 5.06. The summed E-state index contributed by atoms with van der Waals surface area (Å²) in [7, 11) is 0. The van der Waals surface area contributed by atoms with E-state index < -0.39 is 0 Å². The molecule has 2 rings (SSSR count). The Balaban J connectivity index is 1.83. The molecule has 0 N–H and O–H groups in total. The van der Waals surface area contributed by atoms with Gasteiger partial charge in [-0.05, 0) is 25.7 Å². The quantitative estimate of drug-likeness (QED) is 0.721. The van der Waals surface area contributed by atoms with E-state index in [9.17, 15) is 4.79 Å². The highest BCUT2D eigenvalue weighted by Gasteiger charge is 2.52. The summed E-state index contributed by atoms with van der Waals surface area (Å²) in [5.41, 5.74) is -0.182. The average molecular weight is 226 g/mol. The lowest BCUT2D eigenvalue weighted by Gasteiger charge is -2.46. The van der Waals surface area contributed by atoms with Gasteiger partial charge in [-0.1, -0.05) is 13.8 Å². The molecule has 2 atom stereocenters. The van der Waals surface area contributed by atoms with Gasteiger partial charge in [-0.25, -0.2) is 0 Å². The van der Waals surface area contributed by atoms with Crippen molar-refractivity contribution in [1.29, 1.82) is 0 Å². The predicted octanol–water partition coefficient (Wildman–Crippen LogP) is 2.33. The number of hydrogen-bond donors (Lipinski definition) is 0. The van der Waals surface area contributed by atoms with Gasteiger partial charge in [0, 0.05) is 13.0 Å². The van der Waals surface area contributed by atoms with Crippen molar-refractivity contribution in [2.75, 3.05) is 13.2 Å². The lowest BCUT2D eigenvalue weighted by molar-refractivity contribution is -0.169. The van der Waals surface area contributed by atoms with E-state index in [0.29, 0.717) is 18.8 Å². The fourth-order valence-electron chi connectivity index (χ4n) is 2.93. The molecule has 3 nitrogen and oxygen atoms in total. The molecule has 2 fully saturated rings. The van der Waals surface area contributed by atoms with Crippen LogP contribution in [-0.2, 0) is 14.3 Å². The Labute approximate surface area is 97.5 Å². The van der Waals surface area contributed by atoms with E-state index in [1.165, 1.54) is 0 Å². The Morgan fingerprint density at radius 3 is 2.69 bits per heavy atom. The van der Waals surface area contributed by atoms with E-state index in [2.05, 4.69) is 13.8 Å². The first kappa shape index (κ1) is 12.1. The summed E-state index contributed by atoms with van der Waals surface area (Å²) in [5.74, 6) is 0.384. The van der Waals surface area contributed by atoms with Crippen molar-refractivity contribution in [2.45, 2.75) is 58.2 Å². The van der Waals surface area contributed by atoms with E-state index in [4.69, 9.17) is 9.47 Å². The zero-order valence-corrected chi connectivity index (χ0v) is 10.3. The number of rotatable bonds is 5. The fraction of sp³-hybridized carbons (Fsp3) is 0.923. The lowest BCUT2D eigenvalue weighted by atomic mass is 9.61. The van der Waals surface area contributed by atoms with Crippen molar-refractivity contribution in [1.82, 2.24) is 0 Å². The molecule has 2 aliphatic rings. The molecule has 1 aliphatic heterocycles. The molecule has 1 saturated carbocycles. The SMILES string of the molecule is CCC1(CC)C(=O)CC1OCC1CCCO1. The maximum Gasteiger partial charge on any atom is 0.144 e. The molecule has 16 heavy (non-hydrogen) atoms. The van der Waals surface area contributed by atoms with E-state index in [0.717, 1.165) is 32.3 Å². The van der Waals surface area contributed by atoms with Crippen LogP contribution in [-0.4, -0.2) is 31.2 Å². The van der Waals surface area contributed by atoms with Crippen molar-refractivity contribution < 1.29 is 14.3 Å². The molecule has 0 aromatic carbocycles. The Kier molecular flexibility index (Phi) is 3.65. The molecular formula is C13H22O3. The van der Waals surface area contributed by atoms with Crippen LogP contribution < -0.4 is 0 Å². The van der Waals surface area contributed by atoms with Gasteiger partial charge >= 0.3 is 0 Å². The minimum Gasteiger partial charge on any atom is -0.376 e. The molecule has 0 aromatic heterocycles. The Morgan fingerprint density at radius 1 is 1.44 bits per heavy atom. The smallest absolute Gasteiger partial charge is 0.144 e. The monoisotopic (exact) mass is 226 g/mol. The molecule has 0 bridgehead atoms. The molecule has 3 heteroatoms. The number of carbonyl (C=O) groups excluding carboxylic acids is 1. The minimum atomic E-state index is -0.182. The summed E-state index contributed by atoms with van der Waals surface area (Å²) in [6.45, 7) is 5.70. The highest BCUT2D eigenvalue weighted by Crippen LogP contribution is 2.45. The van der Waals surface area contributed by atoms with Crippen LogP contribution in [0.15, 0.2) is 0 Å². The van der Waals surface area contributed by atoms with Gasteiger partial charge in [0.2, 0.25) is 0 Å². The van der Waals surface area contributed by atoms with Gasteiger partial charge in [0.1, 0.15) is 5.78 Å². The van der Waals surface area contributed by atoms with E-state index in [-0.39, 0.29) is 17.6 Å². The van der Waals surface area contributed by atoms with Gasteiger partial charge in [-0.2, -0.15) is 0 Å².